The lowest BCUT2D eigenvalue weighted by Gasteiger charge is -2.10. The van der Waals surface area contributed by atoms with Gasteiger partial charge in [-0.1, -0.05) is 0 Å². The number of nitrogens with zero attached hydrogens (tertiary/aromatic N) is 1. The number of rotatable bonds is 2. The van der Waals surface area contributed by atoms with E-state index in [1.54, 1.807) is 0 Å². The molecule has 2 rings (SSSR count). The van der Waals surface area contributed by atoms with Crippen molar-refractivity contribution in [3.63, 3.8) is 0 Å². The summed E-state index contributed by atoms with van der Waals surface area (Å²) in [7, 11) is 0. The predicted molar refractivity (Wildman–Crippen MR) is 49.4 cm³/mol. The number of nitro groups is 1. The molecule has 1 fully saturated rings. The Kier molecular flexibility index (Phi) is 2.53. The second-order valence-electron chi connectivity index (χ2n) is 3.07. The van der Waals surface area contributed by atoms with Gasteiger partial charge in [-0.05, 0) is 6.07 Å². The largest absolute Gasteiger partial charge is 0.507 e. The Hall–Kier alpha value is -1.66. The molecule has 1 aliphatic rings. The van der Waals surface area contributed by atoms with Crippen molar-refractivity contribution in [1.82, 2.24) is 0 Å². The van der Waals surface area contributed by atoms with Crippen LogP contribution in [0.1, 0.15) is 11.9 Å². The standard InChI is InChI=1S/C9H9NO5/c11-8-2-1-6(10(12)13)5-7(8)9-14-3-4-15-9/h1-2,5,9,11H,3-4H2. The summed E-state index contributed by atoms with van der Waals surface area (Å²) in [5.74, 6) is -0.0625. The van der Waals surface area contributed by atoms with Crippen LogP contribution in [0.15, 0.2) is 18.2 Å². The molecular weight excluding hydrogens is 202 g/mol. The summed E-state index contributed by atoms with van der Waals surface area (Å²) in [5.41, 5.74) is 0.198. The fourth-order valence-corrected chi connectivity index (χ4v) is 1.38. The van der Waals surface area contributed by atoms with Crippen LogP contribution in [0.5, 0.6) is 5.75 Å². The molecule has 0 spiro atoms. The fourth-order valence-electron chi connectivity index (χ4n) is 1.38. The minimum atomic E-state index is -0.704. The predicted octanol–water partition coefficient (Wildman–Crippen LogP) is 1.35. The summed E-state index contributed by atoms with van der Waals surface area (Å²) < 4.78 is 10.3. The summed E-state index contributed by atoms with van der Waals surface area (Å²) in [5, 5.41) is 20.0. The molecule has 6 nitrogen and oxygen atoms in total. The van der Waals surface area contributed by atoms with Crippen molar-refractivity contribution >= 4 is 5.69 Å². The normalized spacial score (nSPS) is 16.8. The molecule has 1 heterocycles. The van der Waals surface area contributed by atoms with Gasteiger partial charge in [-0.3, -0.25) is 10.1 Å². The van der Waals surface area contributed by atoms with E-state index in [1.807, 2.05) is 0 Å². The van der Waals surface area contributed by atoms with Crippen LogP contribution in [0, 0.1) is 10.1 Å². The smallest absolute Gasteiger partial charge is 0.270 e. The van der Waals surface area contributed by atoms with Gasteiger partial charge in [0.25, 0.3) is 5.69 Å². The van der Waals surface area contributed by atoms with E-state index in [1.165, 1.54) is 18.2 Å². The Balaban J connectivity index is 2.35. The Labute approximate surface area is 85.2 Å². The number of phenolic OH excluding ortho intramolecular Hbond substituents is 1. The molecule has 80 valence electrons. The van der Waals surface area contributed by atoms with Gasteiger partial charge in [0.05, 0.1) is 23.7 Å². The number of hydrogen-bond donors (Lipinski definition) is 1. The average Bonchev–Trinajstić information content (AvgIpc) is 2.71. The summed E-state index contributed by atoms with van der Waals surface area (Å²) >= 11 is 0. The third-order valence-corrected chi connectivity index (χ3v) is 2.10. The first-order valence-corrected chi connectivity index (χ1v) is 4.39. The van der Waals surface area contributed by atoms with Gasteiger partial charge < -0.3 is 14.6 Å². The molecule has 0 bridgehead atoms. The zero-order chi connectivity index (χ0) is 10.8. The first-order valence-electron chi connectivity index (χ1n) is 4.39. The fraction of sp³-hybridized carbons (Fsp3) is 0.333. The van der Waals surface area contributed by atoms with Crippen LogP contribution in [0.4, 0.5) is 5.69 Å². The van der Waals surface area contributed by atoms with Crippen LogP contribution in [0.2, 0.25) is 0 Å². The lowest BCUT2D eigenvalue weighted by molar-refractivity contribution is -0.385. The van der Waals surface area contributed by atoms with E-state index in [-0.39, 0.29) is 11.4 Å². The van der Waals surface area contributed by atoms with Crippen LogP contribution in [-0.2, 0) is 9.47 Å². The molecule has 0 radical (unpaired) electrons. The van der Waals surface area contributed by atoms with Gasteiger partial charge in [0.1, 0.15) is 5.75 Å². The Morgan fingerprint density at radius 1 is 1.40 bits per heavy atom. The molecule has 0 aromatic heterocycles. The van der Waals surface area contributed by atoms with Crippen LogP contribution in [0.3, 0.4) is 0 Å². The van der Waals surface area contributed by atoms with Gasteiger partial charge in [-0.2, -0.15) is 0 Å². The second-order valence-corrected chi connectivity index (χ2v) is 3.07. The zero-order valence-electron chi connectivity index (χ0n) is 7.75. The molecule has 1 aromatic rings. The van der Waals surface area contributed by atoms with Crippen molar-refractivity contribution in [1.29, 1.82) is 0 Å². The van der Waals surface area contributed by atoms with Crippen molar-refractivity contribution in [3.05, 3.63) is 33.9 Å². The molecule has 0 saturated carbocycles. The van der Waals surface area contributed by atoms with Crippen molar-refractivity contribution in [2.24, 2.45) is 0 Å². The summed E-state index contributed by atoms with van der Waals surface area (Å²) in [4.78, 5) is 9.99. The maximum absolute atomic E-state index is 10.5. The third-order valence-electron chi connectivity index (χ3n) is 2.10. The molecule has 15 heavy (non-hydrogen) atoms. The van der Waals surface area contributed by atoms with Crippen molar-refractivity contribution in [2.75, 3.05) is 13.2 Å². The number of non-ortho nitro benzene ring substituents is 1. The number of ether oxygens (including phenoxy) is 2. The van der Waals surface area contributed by atoms with Gasteiger partial charge in [-0.15, -0.1) is 0 Å². The van der Waals surface area contributed by atoms with Crippen molar-refractivity contribution < 1.29 is 19.5 Å². The van der Waals surface area contributed by atoms with Crippen molar-refractivity contribution in [3.8, 4) is 5.75 Å². The van der Waals surface area contributed by atoms with Crippen LogP contribution in [0.25, 0.3) is 0 Å². The highest BCUT2D eigenvalue weighted by Crippen LogP contribution is 2.33. The van der Waals surface area contributed by atoms with Crippen LogP contribution in [-0.4, -0.2) is 23.2 Å². The second kappa shape index (κ2) is 3.84. The molecule has 0 atom stereocenters. The van der Waals surface area contributed by atoms with Crippen molar-refractivity contribution in [2.45, 2.75) is 6.29 Å². The number of hydrogen-bond acceptors (Lipinski definition) is 5. The minimum absolute atomic E-state index is 0.0625. The maximum atomic E-state index is 10.5. The highest BCUT2D eigenvalue weighted by molar-refractivity contribution is 5.43. The third kappa shape index (κ3) is 1.90. The molecule has 1 saturated heterocycles. The molecule has 0 unspecified atom stereocenters. The van der Waals surface area contributed by atoms with Gasteiger partial charge >= 0.3 is 0 Å². The topological polar surface area (TPSA) is 81.8 Å². The van der Waals surface area contributed by atoms with Gasteiger partial charge in [0, 0.05) is 12.1 Å². The Morgan fingerprint density at radius 3 is 2.67 bits per heavy atom. The molecule has 6 heteroatoms. The lowest BCUT2D eigenvalue weighted by Crippen LogP contribution is -1.99. The highest BCUT2D eigenvalue weighted by atomic mass is 16.7. The van der Waals surface area contributed by atoms with Crippen LogP contribution >= 0.6 is 0 Å². The number of nitro benzene ring substituents is 1. The molecule has 1 aliphatic heterocycles. The van der Waals surface area contributed by atoms with Crippen LogP contribution < -0.4 is 0 Å². The van der Waals surface area contributed by atoms with Gasteiger partial charge in [-0.25, -0.2) is 0 Å². The van der Waals surface area contributed by atoms with E-state index < -0.39 is 11.2 Å². The number of phenols is 1. The van der Waals surface area contributed by atoms with Gasteiger partial charge in [0.2, 0.25) is 0 Å². The summed E-state index contributed by atoms with van der Waals surface area (Å²) in [6.07, 6.45) is -0.704. The maximum Gasteiger partial charge on any atom is 0.270 e. The Bertz CT molecular complexity index is 386. The quantitative estimate of drug-likeness (QED) is 0.589. The molecule has 0 amide bonds. The number of benzene rings is 1. The zero-order valence-corrected chi connectivity index (χ0v) is 7.75. The molecule has 1 N–H and O–H groups in total. The Morgan fingerprint density at radius 2 is 2.07 bits per heavy atom. The summed E-state index contributed by atoms with van der Waals surface area (Å²) in [6, 6.07) is 3.75. The van der Waals surface area contributed by atoms with Gasteiger partial charge in [0.15, 0.2) is 6.29 Å². The SMILES string of the molecule is O=[N+]([O-])c1ccc(O)c(C2OCCO2)c1. The lowest BCUT2D eigenvalue weighted by atomic mass is 10.1. The highest BCUT2D eigenvalue weighted by Gasteiger charge is 2.23. The monoisotopic (exact) mass is 211 g/mol. The first kappa shape index (κ1) is 9.88. The van der Waals surface area contributed by atoms with E-state index in [2.05, 4.69) is 0 Å². The van der Waals surface area contributed by atoms with E-state index in [4.69, 9.17) is 9.47 Å². The number of aromatic hydroxyl groups is 1. The average molecular weight is 211 g/mol. The minimum Gasteiger partial charge on any atom is -0.507 e. The van der Waals surface area contributed by atoms with E-state index in [0.29, 0.717) is 18.8 Å². The van der Waals surface area contributed by atoms with E-state index in [9.17, 15) is 15.2 Å². The van der Waals surface area contributed by atoms with E-state index >= 15 is 0 Å². The first-order chi connectivity index (χ1) is 7.18. The molecule has 1 aromatic carbocycles. The molecular formula is C9H9NO5. The van der Waals surface area contributed by atoms with E-state index in [0.717, 1.165) is 0 Å². The molecule has 0 aliphatic carbocycles. The summed E-state index contributed by atoms with van der Waals surface area (Å²) in [6.45, 7) is 0.847.